The Kier molecular flexibility index (Phi) is 7.40. The summed E-state index contributed by atoms with van der Waals surface area (Å²) < 4.78 is 5.58. The van der Waals surface area contributed by atoms with Crippen LogP contribution in [0.3, 0.4) is 0 Å². The number of hydrogen-bond donors (Lipinski definition) is 0. The highest BCUT2D eigenvalue weighted by molar-refractivity contribution is 7.99. The van der Waals surface area contributed by atoms with Gasteiger partial charge in [-0.3, -0.25) is 9.69 Å². The molecule has 1 aliphatic heterocycles. The van der Waals surface area contributed by atoms with Crippen molar-refractivity contribution in [1.29, 1.82) is 0 Å². The second-order valence-corrected chi connectivity index (χ2v) is 11.8. The molecule has 5 aromatic rings. The van der Waals surface area contributed by atoms with Crippen LogP contribution in [0.15, 0.2) is 119 Å². The molecule has 42 heavy (non-hydrogen) atoms. The summed E-state index contributed by atoms with van der Waals surface area (Å²) in [4.78, 5) is 22.3. The topological polar surface area (TPSA) is 36.0 Å². The Labute approximate surface area is 252 Å². The normalized spacial score (nSPS) is 11.9. The van der Waals surface area contributed by atoms with Crippen LogP contribution in [0, 0.1) is 0 Å². The maximum Gasteiger partial charge on any atom is 0.266 e. The smallest absolute Gasteiger partial charge is 0.266 e. The van der Waals surface area contributed by atoms with Gasteiger partial charge in [-0.05, 0) is 82.9 Å². The number of methoxy groups -OCH3 is 1. The van der Waals surface area contributed by atoms with Gasteiger partial charge in [-0.15, -0.1) is 0 Å². The number of ether oxygens (including phenoxy) is 1. The van der Waals surface area contributed by atoms with Crippen molar-refractivity contribution in [3.8, 4) is 28.0 Å². The van der Waals surface area contributed by atoms with E-state index in [0.29, 0.717) is 11.3 Å². The van der Waals surface area contributed by atoms with Crippen LogP contribution in [0.4, 0.5) is 22.7 Å². The lowest BCUT2D eigenvalue weighted by Crippen LogP contribution is -2.29. The van der Waals surface area contributed by atoms with Crippen LogP contribution in [-0.2, 0) is 0 Å². The summed E-state index contributed by atoms with van der Waals surface area (Å²) in [6, 6.07) is 37.2. The molecule has 0 N–H and O–H groups in total. The largest absolute Gasteiger partial charge is 0.496 e. The van der Waals surface area contributed by atoms with Gasteiger partial charge in [0.25, 0.3) is 5.91 Å². The summed E-state index contributed by atoms with van der Waals surface area (Å²) >= 11 is 1.70. The number of rotatable bonds is 6. The number of hydrogen-bond acceptors (Lipinski definition) is 5. The number of anilines is 4. The van der Waals surface area contributed by atoms with E-state index in [1.807, 2.05) is 57.4 Å². The third-order valence-electron chi connectivity index (χ3n) is 7.60. The van der Waals surface area contributed by atoms with Crippen LogP contribution in [0.1, 0.15) is 10.4 Å². The number of fused-ring (bicyclic) bond motifs is 2. The predicted molar refractivity (Wildman–Crippen MR) is 176 cm³/mol. The van der Waals surface area contributed by atoms with E-state index in [2.05, 4.69) is 94.7 Å². The molecule has 0 bridgehead atoms. The molecule has 6 rings (SSSR count). The summed E-state index contributed by atoms with van der Waals surface area (Å²) in [5.41, 5.74) is 9.03. The molecule has 0 atom stereocenters. The number of amides is 1. The second kappa shape index (κ2) is 11.3. The van der Waals surface area contributed by atoms with Crippen molar-refractivity contribution in [1.82, 2.24) is 0 Å². The third-order valence-corrected chi connectivity index (χ3v) is 8.69. The summed E-state index contributed by atoms with van der Waals surface area (Å²) in [6.07, 6.45) is 0. The average Bonchev–Trinajstić information content (AvgIpc) is 3.02. The van der Waals surface area contributed by atoms with Gasteiger partial charge in [-0.2, -0.15) is 0 Å². The minimum absolute atomic E-state index is 0.124. The zero-order chi connectivity index (χ0) is 29.4. The summed E-state index contributed by atoms with van der Waals surface area (Å²) in [7, 11) is 9.77. The molecule has 6 heteroatoms. The Morgan fingerprint density at radius 1 is 0.619 bits per heavy atom. The molecule has 5 nitrogen and oxygen atoms in total. The average molecular weight is 572 g/mol. The first-order valence-electron chi connectivity index (χ1n) is 13.8. The molecular formula is C36H33N3O2S. The molecule has 0 aliphatic carbocycles. The Morgan fingerprint density at radius 3 is 1.52 bits per heavy atom. The number of para-hydroxylation sites is 1. The zero-order valence-corrected chi connectivity index (χ0v) is 25.3. The van der Waals surface area contributed by atoms with Crippen molar-refractivity contribution < 1.29 is 9.53 Å². The van der Waals surface area contributed by atoms with E-state index in [4.69, 9.17) is 4.74 Å². The van der Waals surface area contributed by atoms with Crippen LogP contribution in [0.5, 0.6) is 5.75 Å². The van der Waals surface area contributed by atoms with Crippen molar-refractivity contribution in [3.63, 3.8) is 0 Å². The van der Waals surface area contributed by atoms with E-state index in [9.17, 15) is 4.79 Å². The number of carbonyl (C=O) groups is 1. The lowest BCUT2D eigenvalue weighted by molar-refractivity contribution is 0.0995. The third kappa shape index (κ3) is 5.10. The van der Waals surface area contributed by atoms with Gasteiger partial charge in [0.1, 0.15) is 5.75 Å². The van der Waals surface area contributed by atoms with Gasteiger partial charge in [-0.1, -0.05) is 60.3 Å². The minimum Gasteiger partial charge on any atom is -0.496 e. The number of benzene rings is 5. The predicted octanol–water partition coefficient (Wildman–Crippen LogP) is 8.60. The zero-order valence-electron chi connectivity index (χ0n) is 24.5. The molecule has 0 spiro atoms. The molecule has 210 valence electrons. The van der Waals surface area contributed by atoms with Gasteiger partial charge < -0.3 is 14.5 Å². The van der Waals surface area contributed by atoms with Crippen molar-refractivity contribution in [3.05, 3.63) is 115 Å². The Balaban J connectivity index is 1.46. The van der Waals surface area contributed by atoms with E-state index in [0.717, 1.165) is 54.8 Å². The quantitative estimate of drug-likeness (QED) is 0.204. The summed E-state index contributed by atoms with van der Waals surface area (Å²) in [6.45, 7) is 0. The highest BCUT2D eigenvalue weighted by Crippen LogP contribution is 2.51. The highest BCUT2D eigenvalue weighted by Gasteiger charge is 2.31. The first-order valence-corrected chi connectivity index (χ1v) is 14.6. The molecule has 5 aromatic carbocycles. The lowest BCUT2D eigenvalue weighted by Gasteiger charge is -2.32. The van der Waals surface area contributed by atoms with Gasteiger partial charge in [0.15, 0.2) is 0 Å². The first kappa shape index (κ1) is 27.5. The molecule has 0 aromatic heterocycles. The van der Waals surface area contributed by atoms with Gasteiger partial charge in [0, 0.05) is 49.4 Å². The Hall–Kier alpha value is -4.68. The number of nitrogens with zero attached hydrogens (tertiary/aromatic N) is 3. The van der Waals surface area contributed by atoms with Crippen molar-refractivity contribution in [2.75, 3.05) is 50.0 Å². The number of carbonyl (C=O) groups excluding carboxylic acids is 1. The monoisotopic (exact) mass is 571 g/mol. The standard InChI is InChI=1S/C36H33N3O2S/c1-37(2)28-16-10-24(11-17-28)26-14-20-31-34(22-26)42-35-23-27(25-12-18-29(19-13-25)38(3)4)15-21-32(35)39(31)36(40)30-8-6-7-9-33(30)41-5/h6-23H,1-5H3. The van der Waals surface area contributed by atoms with Crippen LogP contribution in [0.25, 0.3) is 22.3 Å². The molecule has 0 unspecified atom stereocenters. The molecule has 0 fully saturated rings. The van der Waals surface area contributed by atoms with E-state index in [1.165, 1.54) is 0 Å². The second-order valence-electron chi connectivity index (χ2n) is 10.7. The lowest BCUT2D eigenvalue weighted by atomic mass is 10.0. The maximum atomic E-state index is 14.2. The molecule has 1 amide bonds. The van der Waals surface area contributed by atoms with Crippen LogP contribution < -0.4 is 19.4 Å². The van der Waals surface area contributed by atoms with E-state index in [1.54, 1.807) is 18.9 Å². The van der Waals surface area contributed by atoms with E-state index in [-0.39, 0.29) is 5.91 Å². The van der Waals surface area contributed by atoms with Gasteiger partial charge in [-0.25, -0.2) is 0 Å². The molecular weight excluding hydrogens is 538 g/mol. The summed E-state index contributed by atoms with van der Waals surface area (Å²) in [5.74, 6) is 0.431. The molecule has 1 aliphatic rings. The van der Waals surface area contributed by atoms with Crippen molar-refractivity contribution in [2.45, 2.75) is 9.79 Å². The van der Waals surface area contributed by atoms with Gasteiger partial charge in [0.05, 0.1) is 24.0 Å². The van der Waals surface area contributed by atoms with Crippen LogP contribution >= 0.6 is 11.8 Å². The van der Waals surface area contributed by atoms with Crippen LogP contribution in [-0.4, -0.2) is 41.2 Å². The highest BCUT2D eigenvalue weighted by atomic mass is 32.2. The molecule has 1 heterocycles. The van der Waals surface area contributed by atoms with Gasteiger partial charge >= 0.3 is 0 Å². The molecule has 0 radical (unpaired) electrons. The van der Waals surface area contributed by atoms with E-state index >= 15 is 0 Å². The van der Waals surface area contributed by atoms with E-state index < -0.39 is 0 Å². The van der Waals surface area contributed by atoms with Crippen molar-refractivity contribution >= 4 is 40.4 Å². The Morgan fingerprint density at radius 2 is 1.07 bits per heavy atom. The fraction of sp³-hybridized carbons (Fsp3) is 0.139. The molecule has 0 saturated heterocycles. The fourth-order valence-electron chi connectivity index (χ4n) is 5.23. The minimum atomic E-state index is -0.124. The SMILES string of the molecule is COc1ccccc1C(=O)N1c2ccc(-c3ccc(N(C)C)cc3)cc2Sc2cc(-c3ccc(N(C)C)cc3)ccc21. The van der Waals surface area contributed by atoms with Gasteiger partial charge in [0.2, 0.25) is 0 Å². The maximum absolute atomic E-state index is 14.2. The summed E-state index contributed by atoms with van der Waals surface area (Å²) in [5, 5.41) is 0. The Bertz CT molecular complexity index is 1660. The van der Waals surface area contributed by atoms with Crippen LogP contribution in [0.2, 0.25) is 0 Å². The molecule has 0 saturated carbocycles. The first-order chi connectivity index (χ1) is 20.3. The fourth-order valence-corrected chi connectivity index (χ4v) is 6.37. The van der Waals surface area contributed by atoms with Crippen molar-refractivity contribution in [2.24, 2.45) is 0 Å².